The lowest BCUT2D eigenvalue weighted by molar-refractivity contribution is -0.123. The van der Waals surface area contributed by atoms with Crippen LogP contribution in [-0.2, 0) is 11.2 Å². The van der Waals surface area contributed by atoms with Crippen molar-refractivity contribution in [1.82, 2.24) is 15.5 Å². The number of hydrogen-bond donors (Lipinski definition) is 1. The summed E-state index contributed by atoms with van der Waals surface area (Å²) in [7, 11) is 0. The van der Waals surface area contributed by atoms with Crippen molar-refractivity contribution < 1.29 is 9.32 Å². The molecule has 0 aromatic carbocycles. The SMILES string of the molecule is O=C(NCCc1noc(C2CCC2)n1)C1CC12CCCCC2. The van der Waals surface area contributed by atoms with E-state index >= 15 is 0 Å². The van der Waals surface area contributed by atoms with Crippen molar-refractivity contribution in [2.24, 2.45) is 11.3 Å². The highest BCUT2D eigenvalue weighted by molar-refractivity contribution is 5.82. The molecule has 1 aromatic heterocycles. The van der Waals surface area contributed by atoms with Crippen LogP contribution in [0.25, 0.3) is 0 Å². The predicted octanol–water partition coefficient (Wildman–Crippen LogP) is 2.97. The highest BCUT2D eigenvalue weighted by Crippen LogP contribution is 2.61. The number of amides is 1. The summed E-state index contributed by atoms with van der Waals surface area (Å²) in [5.74, 6) is 2.50. The molecule has 0 bridgehead atoms. The topological polar surface area (TPSA) is 68.0 Å². The minimum Gasteiger partial charge on any atom is -0.355 e. The normalized spacial score (nSPS) is 26.6. The number of carbonyl (C=O) groups is 1. The first kappa shape index (κ1) is 14.2. The molecule has 5 heteroatoms. The Morgan fingerprint density at radius 2 is 2.05 bits per heavy atom. The van der Waals surface area contributed by atoms with E-state index < -0.39 is 0 Å². The maximum absolute atomic E-state index is 12.3. The van der Waals surface area contributed by atoms with Crippen LogP contribution in [-0.4, -0.2) is 22.6 Å². The summed E-state index contributed by atoms with van der Waals surface area (Å²) >= 11 is 0. The molecule has 5 nitrogen and oxygen atoms in total. The molecule has 1 heterocycles. The molecule has 3 aliphatic carbocycles. The summed E-state index contributed by atoms with van der Waals surface area (Å²) in [6.45, 7) is 0.620. The Balaban J connectivity index is 1.22. The molecule has 1 aromatic rings. The molecular formula is C17H25N3O2. The second kappa shape index (κ2) is 5.67. The van der Waals surface area contributed by atoms with Gasteiger partial charge in [0, 0.05) is 24.8 Å². The van der Waals surface area contributed by atoms with E-state index in [4.69, 9.17) is 4.52 Å². The van der Waals surface area contributed by atoms with Crippen LogP contribution < -0.4 is 5.32 Å². The second-order valence-corrected chi connectivity index (χ2v) is 7.40. The van der Waals surface area contributed by atoms with Crippen molar-refractivity contribution in [2.45, 2.75) is 70.1 Å². The van der Waals surface area contributed by atoms with Gasteiger partial charge < -0.3 is 9.84 Å². The van der Waals surface area contributed by atoms with E-state index in [9.17, 15) is 4.79 Å². The Morgan fingerprint density at radius 1 is 1.23 bits per heavy atom. The third kappa shape index (κ3) is 2.66. The monoisotopic (exact) mass is 303 g/mol. The molecule has 1 spiro atoms. The van der Waals surface area contributed by atoms with E-state index in [1.807, 2.05) is 0 Å². The first-order chi connectivity index (χ1) is 10.8. The minimum atomic E-state index is 0.240. The zero-order valence-electron chi connectivity index (χ0n) is 13.1. The smallest absolute Gasteiger partial charge is 0.229 e. The van der Waals surface area contributed by atoms with Crippen LogP contribution in [0.3, 0.4) is 0 Å². The average molecular weight is 303 g/mol. The van der Waals surface area contributed by atoms with Crippen LogP contribution in [0.2, 0.25) is 0 Å². The Morgan fingerprint density at radius 3 is 2.77 bits per heavy atom. The van der Waals surface area contributed by atoms with Crippen LogP contribution >= 0.6 is 0 Å². The molecule has 3 aliphatic rings. The number of carbonyl (C=O) groups excluding carboxylic acids is 1. The lowest BCUT2D eigenvalue weighted by atomic mass is 9.84. The van der Waals surface area contributed by atoms with Gasteiger partial charge in [-0.15, -0.1) is 0 Å². The fourth-order valence-electron chi connectivity index (χ4n) is 4.14. The maximum Gasteiger partial charge on any atom is 0.229 e. The van der Waals surface area contributed by atoms with E-state index in [0.717, 1.165) is 18.1 Å². The molecule has 120 valence electrons. The van der Waals surface area contributed by atoms with Gasteiger partial charge in [-0.2, -0.15) is 4.98 Å². The van der Waals surface area contributed by atoms with Crippen LogP contribution in [0.4, 0.5) is 0 Å². The number of nitrogens with one attached hydrogen (secondary N) is 1. The van der Waals surface area contributed by atoms with Gasteiger partial charge in [-0.25, -0.2) is 0 Å². The largest absolute Gasteiger partial charge is 0.355 e. The van der Waals surface area contributed by atoms with Gasteiger partial charge in [0.15, 0.2) is 5.82 Å². The van der Waals surface area contributed by atoms with Crippen molar-refractivity contribution in [3.8, 4) is 0 Å². The van der Waals surface area contributed by atoms with Crippen LogP contribution in [0, 0.1) is 11.3 Å². The maximum atomic E-state index is 12.3. The summed E-state index contributed by atoms with van der Waals surface area (Å²) in [5.41, 5.74) is 0.367. The van der Waals surface area contributed by atoms with Crippen molar-refractivity contribution in [3.05, 3.63) is 11.7 Å². The van der Waals surface area contributed by atoms with E-state index in [2.05, 4.69) is 15.5 Å². The van der Waals surface area contributed by atoms with Crippen LogP contribution in [0.1, 0.15) is 75.4 Å². The van der Waals surface area contributed by atoms with Gasteiger partial charge in [-0.05, 0) is 37.5 Å². The number of rotatable bonds is 5. The van der Waals surface area contributed by atoms with Crippen LogP contribution in [0.5, 0.6) is 0 Å². The highest BCUT2D eigenvalue weighted by Gasteiger charge is 2.57. The van der Waals surface area contributed by atoms with E-state index in [-0.39, 0.29) is 11.8 Å². The minimum absolute atomic E-state index is 0.240. The van der Waals surface area contributed by atoms with Crippen molar-refractivity contribution in [2.75, 3.05) is 6.54 Å². The van der Waals surface area contributed by atoms with E-state index in [0.29, 0.717) is 24.3 Å². The Bertz CT molecular complexity index is 544. The number of hydrogen-bond acceptors (Lipinski definition) is 4. The van der Waals surface area contributed by atoms with Gasteiger partial charge in [0.05, 0.1) is 0 Å². The molecule has 3 fully saturated rings. The molecule has 4 rings (SSSR count). The number of nitrogens with zero attached hydrogens (tertiary/aromatic N) is 2. The molecular weight excluding hydrogens is 278 g/mol. The molecule has 0 radical (unpaired) electrons. The van der Waals surface area contributed by atoms with E-state index in [1.54, 1.807) is 0 Å². The highest BCUT2D eigenvalue weighted by atomic mass is 16.5. The van der Waals surface area contributed by atoms with Gasteiger partial charge in [0.25, 0.3) is 0 Å². The molecule has 3 saturated carbocycles. The van der Waals surface area contributed by atoms with Gasteiger partial charge in [0.1, 0.15) is 0 Å². The molecule has 1 unspecified atom stereocenters. The van der Waals surface area contributed by atoms with Gasteiger partial charge >= 0.3 is 0 Å². The van der Waals surface area contributed by atoms with Gasteiger partial charge in [-0.1, -0.05) is 30.8 Å². The van der Waals surface area contributed by atoms with Gasteiger partial charge in [0.2, 0.25) is 11.8 Å². The molecule has 0 saturated heterocycles. The Hall–Kier alpha value is -1.39. The summed E-state index contributed by atoms with van der Waals surface area (Å²) in [5, 5.41) is 7.09. The quantitative estimate of drug-likeness (QED) is 0.908. The first-order valence-electron chi connectivity index (χ1n) is 8.87. The Labute approximate surface area is 131 Å². The summed E-state index contributed by atoms with van der Waals surface area (Å²) in [6, 6.07) is 0. The molecule has 22 heavy (non-hydrogen) atoms. The first-order valence-corrected chi connectivity index (χ1v) is 8.87. The standard InChI is InChI=1S/C17H25N3O2/c21-15(13-11-17(13)8-2-1-3-9-17)18-10-7-14-19-16(22-20-14)12-5-4-6-12/h12-13H,1-11H2,(H,18,21). The van der Waals surface area contributed by atoms with E-state index in [1.165, 1.54) is 51.4 Å². The molecule has 1 N–H and O–H groups in total. The summed E-state index contributed by atoms with van der Waals surface area (Å²) < 4.78 is 5.30. The summed E-state index contributed by atoms with van der Waals surface area (Å²) in [4.78, 5) is 16.7. The average Bonchev–Trinajstić information content (AvgIpc) is 2.96. The lowest BCUT2D eigenvalue weighted by Crippen LogP contribution is -2.30. The lowest BCUT2D eigenvalue weighted by Gasteiger charge is -2.22. The molecule has 1 amide bonds. The Kier molecular flexibility index (Phi) is 3.66. The zero-order chi connectivity index (χ0) is 15.0. The third-order valence-corrected chi connectivity index (χ3v) is 5.94. The van der Waals surface area contributed by atoms with Gasteiger partial charge in [-0.3, -0.25) is 4.79 Å². The zero-order valence-corrected chi connectivity index (χ0v) is 13.1. The van der Waals surface area contributed by atoms with Crippen LogP contribution in [0.15, 0.2) is 4.52 Å². The summed E-state index contributed by atoms with van der Waals surface area (Å²) in [6.07, 6.45) is 11.8. The fraction of sp³-hybridized carbons (Fsp3) is 0.824. The molecule has 1 atom stereocenters. The number of aromatic nitrogens is 2. The van der Waals surface area contributed by atoms with Crippen molar-refractivity contribution >= 4 is 5.91 Å². The predicted molar refractivity (Wildman–Crippen MR) is 81.2 cm³/mol. The third-order valence-electron chi connectivity index (χ3n) is 5.94. The van der Waals surface area contributed by atoms with Crippen molar-refractivity contribution in [3.63, 3.8) is 0 Å². The second-order valence-electron chi connectivity index (χ2n) is 7.40. The van der Waals surface area contributed by atoms with Crippen molar-refractivity contribution in [1.29, 1.82) is 0 Å². The molecule has 0 aliphatic heterocycles. The fourth-order valence-corrected chi connectivity index (χ4v) is 4.14.